The van der Waals surface area contributed by atoms with E-state index in [1.807, 2.05) is 23.5 Å². The summed E-state index contributed by atoms with van der Waals surface area (Å²) >= 11 is 4.03. The molecular weight excluding hydrogens is 268 g/mol. The van der Waals surface area contributed by atoms with Crippen molar-refractivity contribution in [3.05, 3.63) is 71.8 Å². The van der Waals surface area contributed by atoms with E-state index in [9.17, 15) is 0 Å². The third-order valence-electron chi connectivity index (χ3n) is 2.86. The highest BCUT2D eigenvalue weighted by Gasteiger charge is 2.18. The van der Waals surface area contributed by atoms with Gasteiger partial charge in [-0.15, -0.1) is 23.5 Å². The van der Waals surface area contributed by atoms with Gasteiger partial charge in [-0.3, -0.25) is 0 Å². The summed E-state index contributed by atoms with van der Waals surface area (Å²) in [6.45, 7) is 4.63. The van der Waals surface area contributed by atoms with E-state index >= 15 is 0 Å². The fourth-order valence-corrected chi connectivity index (χ4v) is 3.80. The van der Waals surface area contributed by atoms with Crippen molar-refractivity contribution in [2.45, 2.75) is 29.4 Å². The minimum Gasteiger partial charge on any atom is -0.140 e. The van der Waals surface area contributed by atoms with Crippen LogP contribution in [0.25, 0.3) is 0 Å². The van der Waals surface area contributed by atoms with Gasteiger partial charge in [0.25, 0.3) is 0 Å². The Morgan fingerprint density at radius 3 is 1.42 bits per heavy atom. The van der Waals surface area contributed by atoms with Gasteiger partial charge in [0.1, 0.15) is 0 Å². The van der Waals surface area contributed by atoms with Crippen LogP contribution in [-0.2, 0) is 11.5 Å². The zero-order valence-electron chi connectivity index (χ0n) is 11.5. The van der Waals surface area contributed by atoms with Gasteiger partial charge >= 0.3 is 0 Å². The lowest BCUT2D eigenvalue weighted by Gasteiger charge is -2.23. The quantitative estimate of drug-likeness (QED) is 0.635. The second kappa shape index (κ2) is 7.06. The first-order valence-corrected chi connectivity index (χ1v) is 8.49. The third kappa shape index (κ3) is 5.33. The van der Waals surface area contributed by atoms with Gasteiger partial charge in [0.15, 0.2) is 0 Å². The fourth-order valence-electron chi connectivity index (χ4n) is 1.70. The molecule has 0 spiro atoms. The van der Waals surface area contributed by atoms with Crippen molar-refractivity contribution < 1.29 is 0 Å². The first-order chi connectivity index (χ1) is 9.16. The number of rotatable bonds is 6. The topological polar surface area (TPSA) is 0 Å². The van der Waals surface area contributed by atoms with Gasteiger partial charge in [-0.1, -0.05) is 60.7 Å². The molecule has 0 nitrogen and oxygen atoms in total. The number of benzene rings is 2. The van der Waals surface area contributed by atoms with E-state index in [4.69, 9.17) is 0 Å². The molecule has 0 fully saturated rings. The highest BCUT2D eigenvalue weighted by atomic mass is 32.2. The highest BCUT2D eigenvalue weighted by molar-refractivity contribution is 8.17. The molecule has 2 aromatic rings. The summed E-state index contributed by atoms with van der Waals surface area (Å²) in [4.78, 5) is 0. The third-order valence-corrected chi connectivity index (χ3v) is 5.91. The Hall–Kier alpha value is -0.860. The van der Waals surface area contributed by atoms with Crippen molar-refractivity contribution in [1.29, 1.82) is 0 Å². The molecule has 0 aliphatic rings. The van der Waals surface area contributed by atoms with Gasteiger partial charge in [-0.05, 0) is 25.0 Å². The summed E-state index contributed by atoms with van der Waals surface area (Å²) < 4.78 is 0.242. The smallest absolute Gasteiger partial charge is 0.0561 e. The lowest BCUT2D eigenvalue weighted by molar-refractivity contribution is 1.02. The van der Waals surface area contributed by atoms with Crippen LogP contribution in [0.5, 0.6) is 0 Å². The molecule has 2 aromatic carbocycles. The van der Waals surface area contributed by atoms with Crippen LogP contribution in [0.15, 0.2) is 60.7 Å². The van der Waals surface area contributed by atoms with E-state index in [1.54, 1.807) is 0 Å². The van der Waals surface area contributed by atoms with E-state index in [-0.39, 0.29) is 4.08 Å². The molecular formula is C17H20S2. The molecule has 0 aromatic heterocycles. The predicted molar refractivity (Wildman–Crippen MR) is 89.6 cm³/mol. The van der Waals surface area contributed by atoms with Crippen LogP contribution in [-0.4, -0.2) is 4.08 Å². The molecule has 0 saturated carbocycles. The average Bonchev–Trinajstić information content (AvgIpc) is 2.46. The predicted octanol–water partition coefficient (Wildman–Crippen LogP) is 5.59. The molecule has 0 saturated heterocycles. The summed E-state index contributed by atoms with van der Waals surface area (Å²) in [5.41, 5.74) is 2.81. The zero-order chi connectivity index (χ0) is 13.6. The molecule has 0 aliphatic carbocycles. The maximum absolute atomic E-state index is 2.31. The number of thioether (sulfide) groups is 2. The van der Waals surface area contributed by atoms with Crippen molar-refractivity contribution in [3.63, 3.8) is 0 Å². The lowest BCUT2D eigenvalue weighted by Crippen LogP contribution is -2.09. The molecule has 0 bridgehead atoms. The minimum atomic E-state index is 0.242. The average molecular weight is 288 g/mol. The number of hydrogen-bond donors (Lipinski definition) is 0. The Balaban J connectivity index is 1.82. The number of hydrogen-bond acceptors (Lipinski definition) is 2. The highest BCUT2D eigenvalue weighted by Crippen LogP contribution is 2.39. The first-order valence-electron chi connectivity index (χ1n) is 6.51. The van der Waals surface area contributed by atoms with Gasteiger partial charge < -0.3 is 0 Å². The van der Waals surface area contributed by atoms with Crippen molar-refractivity contribution in [3.8, 4) is 0 Å². The Labute approximate surface area is 125 Å². The molecule has 0 unspecified atom stereocenters. The Morgan fingerprint density at radius 2 is 1.05 bits per heavy atom. The Kier molecular flexibility index (Phi) is 5.41. The molecule has 0 heterocycles. The fraction of sp³-hybridized carbons (Fsp3) is 0.294. The van der Waals surface area contributed by atoms with Crippen molar-refractivity contribution in [1.82, 2.24) is 0 Å². The molecule has 0 aliphatic heterocycles. The summed E-state index contributed by atoms with van der Waals surface area (Å²) in [6, 6.07) is 21.4. The zero-order valence-corrected chi connectivity index (χ0v) is 13.1. The van der Waals surface area contributed by atoms with Crippen LogP contribution in [0.2, 0.25) is 0 Å². The second-order valence-corrected chi connectivity index (χ2v) is 8.40. The maximum Gasteiger partial charge on any atom is 0.0561 e. The largest absolute Gasteiger partial charge is 0.140 e. The molecule has 0 N–H and O–H groups in total. The minimum absolute atomic E-state index is 0.242. The SMILES string of the molecule is CC(C)(SCc1ccccc1)SCc1ccccc1. The first kappa shape index (κ1) is 14.5. The van der Waals surface area contributed by atoms with E-state index < -0.39 is 0 Å². The van der Waals surface area contributed by atoms with Crippen molar-refractivity contribution in [2.24, 2.45) is 0 Å². The van der Waals surface area contributed by atoms with Crippen LogP contribution in [0, 0.1) is 0 Å². The maximum atomic E-state index is 2.31. The molecule has 2 rings (SSSR count). The summed E-state index contributed by atoms with van der Waals surface area (Å²) in [7, 11) is 0. The summed E-state index contributed by atoms with van der Waals surface area (Å²) in [6.07, 6.45) is 0. The Morgan fingerprint density at radius 1 is 0.684 bits per heavy atom. The van der Waals surface area contributed by atoms with E-state index in [2.05, 4.69) is 74.5 Å². The van der Waals surface area contributed by atoms with Crippen LogP contribution in [0.4, 0.5) is 0 Å². The molecule has 0 atom stereocenters. The molecule has 0 radical (unpaired) electrons. The molecule has 19 heavy (non-hydrogen) atoms. The van der Waals surface area contributed by atoms with E-state index in [1.165, 1.54) is 11.1 Å². The van der Waals surface area contributed by atoms with Crippen LogP contribution < -0.4 is 0 Å². The summed E-state index contributed by atoms with van der Waals surface area (Å²) in [5, 5.41) is 0. The van der Waals surface area contributed by atoms with E-state index in [0.717, 1.165) is 11.5 Å². The second-order valence-electron chi connectivity index (χ2n) is 4.95. The van der Waals surface area contributed by atoms with E-state index in [0.29, 0.717) is 0 Å². The van der Waals surface area contributed by atoms with Crippen molar-refractivity contribution >= 4 is 23.5 Å². The Bertz CT molecular complexity index is 432. The van der Waals surface area contributed by atoms with Crippen LogP contribution >= 0.6 is 23.5 Å². The van der Waals surface area contributed by atoms with Gasteiger partial charge in [-0.25, -0.2) is 0 Å². The standard InChI is InChI=1S/C17H20S2/c1-17(2,18-13-15-9-5-3-6-10-15)19-14-16-11-7-4-8-12-16/h3-12H,13-14H2,1-2H3. The van der Waals surface area contributed by atoms with Gasteiger partial charge in [0.05, 0.1) is 4.08 Å². The molecule has 0 amide bonds. The molecule has 2 heteroatoms. The van der Waals surface area contributed by atoms with Crippen LogP contribution in [0.1, 0.15) is 25.0 Å². The van der Waals surface area contributed by atoms with Gasteiger partial charge in [0.2, 0.25) is 0 Å². The summed E-state index contributed by atoms with van der Waals surface area (Å²) in [5.74, 6) is 2.16. The van der Waals surface area contributed by atoms with Crippen molar-refractivity contribution in [2.75, 3.05) is 0 Å². The monoisotopic (exact) mass is 288 g/mol. The van der Waals surface area contributed by atoms with Crippen LogP contribution in [0.3, 0.4) is 0 Å². The normalized spacial score (nSPS) is 11.5. The van der Waals surface area contributed by atoms with Gasteiger partial charge in [-0.2, -0.15) is 0 Å². The van der Waals surface area contributed by atoms with Gasteiger partial charge in [0, 0.05) is 11.5 Å². The molecule has 100 valence electrons. The lowest BCUT2D eigenvalue weighted by atomic mass is 10.2.